The van der Waals surface area contributed by atoms with Crippen molar-refractivity contribution in [2.75, 3.05) is 0 Å². The molecule has 2 aromatic carbocycles. The number of aryl methyl sites for hydroxylation is 1. The minimum Gasteiger partial charge on any atom is -0.409 e. The number of amidine groups is 1. The quantitative estimate of drug-likeness (QED) is 0.376. The van der Waals surface area contributed by atoms with E-state index < -0.39 is 0 Å². The van der Waals surface area contributed by atoms with Gasteiger partial charge in [-0.3, -0.25) is 0 Å². The van der Waals surface area contributed by atoms with Crippen molar-refractivity contribution in [3.05, 3.63) is 57.6 Å². The van der Waals surface area contributed by atoms with Crippen LogP contribution in [0.1, 0.15) is 11.1 Å². The lowest BCUT2D eigenvalue weighted by molar-refractivity contribution is 0.318. The Kier molecular flexibility index (Phi) is 4.81. The van der Waals surface area contributed by atoms with Crippen LogP contribution in [0, 0.1) is 6.92 Å². The van der Waals surface area contributed by atoms with Crippen LogP contribution in [0.2, 0.25) is 10.0 Å². The van der Waals surface area contributed by atoms with E-state index in [4.69, 9.17) is 34.1 Å². The molecule has 0 aliphatic heterocycles. The van der Waals surface area contributed by atoms with E-state index in [1.54, 1.807) is 17.8 Å². The maximum absolute atomic E-state index is 8.70. The van der Waals surface area contributed by atoms with Gasteiger partial charge in [0.15, 0.2) is 5.84 Å². The summed E-state index contributed by atoms with van der Waals surface area (Å²) < 4.78 is 0. The van der Waals surface area contributed by atoms with Crippen molar-refractivity contribution >= 4 is 40.8 Å². The van der Waals surface area contributed by atoms with Crippen molar-refractivity contribution in [1.29, 1.82) is 0 Å². The molecule has 0 bridgehead atoms. The van der Waals surface area contributed by atoms with Crippen LogP contribution in [0.15, 0.2) is 51.3 Å². The van der Waals surface area contributed by atoms with Gasteiger partial charge in [0.25, 0.3) is 0 Å². The van der Waals surface area contributed by atoms with Crippen molar-refractivity contribution in [1.82, 2.24) is 0 Å². The second-order valence-corrected chi connectivity index (χ2v) is 6.10. The van der Waals surface area contributed by atoms with Crippen LogP contribution >= 0.6 is 35.0 Å². The van der Waals surface area contributed by atoms with Gasteiger partial charge >= 0.3 is 0 Å². The summed E-state index contributed by atoms with van der Waals surface area (Å²) in [5, 5.41) is 12.8. The molecule has 0 radical (unpaired) electrons. The monoisotopic (exact) mass is 326 g/mol. The highest BCUT2D eigenvalue weighted by molar-refractivity contribution is 7.99. The summed E-state index contributed by atoms with van der Waals surface area (Å²) in [6, 6.07) is 11.2. The maximum atomic E-state index is 8.70. The highest BCUT2D eigenvalue weighted by Gasteiger charge is 2.06. The van der Waals surface area contributed by atoms with Gasteiger partial charge in [-0.2, -0.15) is 0 Å². The van der Waals surface area contributed by atoms with Gasteiger partial charge < -0.3 is 10.9 Å². The Bertz CT molecular complexity index is 674. The van der Waals surface area contributed by atoms with Crippen molar-refractivity contribution in [3.8, 4) is 0 Å². The molecule has 0 heterocycles. The minimum atomic E-state index is 0.105. The molecule has 0 saturated carbocycles. The van der Waals surface area contributed by atoms with Crippen LogP contribution in [0.3, 0.4) is 0 Å². The molecule has 2 rings (SSSR count). The summed E-state index contributed by atoms with van der Waals surface area (Å²) in [4.78, 5) is 2.03. The van der Waals surface area contributed by atoms with Crippen LogP contribution in [-0.4, -0.2) is 11.0 Å². The predicted molar refractivity (Wildman–Crippen MR) is 84.3 cm³/mol. The van der Waals surface area contributed by atoms with E-state index in [0.29, 0.717) is 15.6 Å². The van der Waals surface area contributed by atoms with Crippen LogP contribution in [0.5, 0.6) is 0 Å². The second-order valence-electron chi connectivity index (χ2n) is 4.14. The SMILES string of the molecule is Cc1cc(Sc2ccc(Cl)c(Cl)c2)ccc1/C(N)=N/O. The Morgan fingerprint density at radius 2 is 1.75 bits per heavy atom. The van der Waals surface area contributed by atoms with E-state index in [2.05, 4.69) is 5.16 Å². The molecule has 0 aromatic heterocycles. The molecule has 0 atom stereocenters. The number of rotatable bonds is 3. The molecule has 0 fully saturated rings. The zero-order valence-corrected chi connectivity index (χ0v) is 12.9. The van der Waals surface area contributed by atoms with Crippen molar-refractivity contribution < 1.29 is 5.21 Å². The number of nitrogens with zero attached hydrogens (tertiary/aromatic N) is 1. The highest BCUT2D eigenvalue weighted by atomic mass is 35.5. The Hall–Kier alpha value is -1.36. The second kappa shape index (κ2) is 6.39. The fraction of sp³-hybridized carbons (Fsp3) is 0.0714. The molecule has 0 spiro atoms. The Balaban J connectivity index is 2.26. The molecular weight excluding hydrogens is 315 g/mol. The van der Waals surface area contributed by atoms with Crippen LogP contribution in [0.25, 0.3) is 0 Å². The van der Waals surface area contributed by atoms with E-state index in [1.165, 1.54) is 0 Å². The average Bonchev–Trinajstić information content (AvgIpc) is 2.42. The van der Waals surface area contributed by atoms with Gasteiger partial charge in [0.2, 0.25) is 0 Å². The third-order valence-electron chi connectivity index (χ3n) is 2.71. The lowest BCUT2D eigenvalue weighted by atomic mass is 10.1. The first-order valence-corrected chi connectivity index (χ1v) is 7.30. The van der Waals surface area contributed by atoms with Crippen LogP contribution < -0.4 is 5.73 Å². The fourth-order valence-corrected chi connectivity index (χ4v) is 3.04. The summed E-state index contributed by atoms with van der Waals surface area (Å²) in [7, 11) is 0. The zero-order valence-electron chi connectivity index (χ0n) is 10.6. The van der Waals surface area contributed by atoms with Gasteiger partial charge in [0.05, 0.1) is 10.0 Å². The summed E-state index contributed by atoms with van der Waals surface area (Å²) in [6.07, 6.45) is 0. The molecule has 20 heavy (non-hydrogen) atoms. The third-order valence-corrected chi connectivity index (χ3v) is 4.43. The number of hydrogen-bond donors (Lipinski definition) is 2. The highest BCUT2D eigenvalue weighted by Crippen LogP contribution is 2.33. The normalized spacial score (nSPS) is 11.7. The first-order valence-electron chi connectivity index (χ1n) is 5.72. The molecule has 6 heteroatoms. The summed E-state index contributed by atoms with van der Waals surface area (Å²) >= 11 is 13.4. The van der Waals surface area contributed by atoms with Gasteiger partial charge in [-0.15, -0.1) is 0 Å². The summed E-state index contributed by atoms with van der Waals surface area (Å²) in [5.74, 6) is 0.105. The minimum absolute atomic E-state index is 0.105. The van der Waals surface area contributed by atoms with E-state index in [9.17, 15) is 0 Å². The van der Waals surface area contributed by atoms with Crippen molar-refractivity contribution in [2.24, 2.45) is 10.9 Å². The molecule has 3 N–H and O–H groups in total. The van der Waals surface area contributed by atoms with Gasteiger partial charge in [0, 0.05) is 15.4 Å². The summed E-state index contributed by atoms with van der Waals surface area (Å²) in [5.41, 5.74) is 7.24. The van der Waals surface area contributed by atoms with E-state index >= 15 is 0 Å². The lowest BCUT2D eigenvalue weighted by Crippen LogP contribution is -2.14. The molecule has 0 amide bonds. The van der Waals surface area contributed by atoms with Gasteiger partial charge in [-0.05, 0) is 48.9 Å². The largest absolute Gasteiger partial charge is 0.409 e. The molecule has 2 aromatic rings. The molecule has 0 unspecified atom stereocenters. The molecule has 104 valence electrons. The van der Waals surface area contributed by atoms with Gasteiger partial charge in [-0.25, -0.2) is 0 Å². The number of nitrogens with two attached hydrogens (primary N) is 1. The average molecular weight is 327 g/mol. The van der Waals surface area contributed by atoms with Crippen LogP contribution in [0.4, 0.5) is 0 Å². The molecular formula is C14H12Cl2N2OS. The van der Waals surface area contributed by atoms with E-state index in [0.717, 1.165) is 15.4 Å². The number of hydrogen-bond acceptors (Lipinski definition) is 3. The Labute approximate surface area is 131 Å². The van der Waals surface area contributed by atoms with Gasteiger partial charge in [-0.1, -0.05) is 40.1 Å². The van der Waals surface area contributed by atoms with Gasteiger partial charge in [0.1, 0.15) is 0 Å². The van der Waals surface area contributed by atoms with Crippen molar-refractivity contribution in [2.45, 2.75) is 16.7 Å². The lowest BCUT2D eigenvalue weighted by Gasteiger charge is -2.08. The first-order chi connectivity index (χ1) is 9.51. The van der Waals surface area contributed by atoms with E-state index in [-0.39, 0.29) is 5.84 Å². The molecule has 0 aliphatic rings. The predicted octanol–water partition coefficient (Wildman–Crippen LogP) is 4.55. The molecule has 0 aliphatic carbocycles. The Morgan fingerprint density at radius 3 is 2.35 bits per heavy atom. The number of oxime groups is 1. The standard InChI is InChI=1S/C14H12Cl2N2OS/c1-8-6-9(2-4-11(8)14(17)18-19)20-10-3-5-12(15)13(16)7-10/h2-7,19H,1H3,(H2,17,18). The number of halogens is 2. The van der Waals surface area contributed by atoms with E-state index in [1.807, 2.05) is 37.3 Å². The topological polar surface area (TPSA) is 58.6 Å². The van der Waals surface area contributed by atoms with Crippen molar-refractivity contribution in [3.63, 3.8) is 0 Å². The maximum Gasteiger partial charge on any atom is 0.170 e. The molecule has 3 nitrogen and oxygen atoms in total. The smallest absolute Gasteiger partial charge is 0.170 e. The third kappa shape index (κ3) is 3.39. The number of benzene rings is 2. The fourth-order valence-electron chi connectivity index (χ4n) is 1.72. The van der Waals surface area contributed by atoms with Crippen LogP contribution in [-0.2, 0) is 0 Å². The Morgan fingerprint density at radius 1 is 1.10 bits per heavy atom. The zero-order chi connectivity index (χ0) is 14.7. The first kappa shape index (κ1) is 15.0. The molecule has 0 saturated heterocycles. The summed E-state index contributed by atoms with van der Waals surface area (Å²) in [6.45, 7) is 1.91.